The van der Waals surface area contributed by atoms with Gasteiger partial charge in [0.25, 0.3) is 0 Å². The van der Waals surface area contributed by atoms with Crippen molar-refractivity contribution in [2.45, 2.75) is 26.7 Å². The number of rotatable bonds is 7. The molecule has 0 aliphatic heterocycles. The van der Waals surface area contributed by atoms with E-state index in [4.69, 9.17) is 0 Å². The molecule has 0 atom stereocenters. The van der Waals surface area contributed by atoms with Gasteiger partial charge >= 0.3 is 0 Å². The van der Waals surface area contributed by atoms with Crippen LogP contribution in [0.5, 0.6) is 0 Å². The largest absolute Gasteiger partial charge is 0.376 e. The fourth-order valence-corrected chi connectivity index (χ4v) is 1.54. The predicted octanol–water partition coefficient (Wildman–Crippen LogP) is 2.65. The molecular formula is C14H22N2O. The van der Waals surface area contributed by atoms with Gasteiger partial charge in [-0.15, -0.1) is 0 Å². The van der Waals surface area contributed by atoms with Crippen LogP contribution < -0.4 is 10.6 Å². The lowest BCUT2D eigenvalue weighted by atomic mass is 10.1. The van der Waals surface area contributed by atoms with E-state index in [2.05, 4.69) is 24.5 Å². The molecular weight excluding hydrogens is 212 g/mol. The van der Waals surface area contributed by atoms with Gasteiger partial charge in [0.15, 0.2) is 0 Å². The van der Waals surface area contributed by atoms with Gasteiger partial charge in [-0.2, -0.15) is 0 Å². The second-order valence-corrected chi connectivity index (χ2v) is 4.61. The molecule has 0 bridgehead atoms. The summed E-state index contributed by atoms with van der Waals surface area (Å²) in [5.74, 6) is 0.756. The van der Waals surface area contributed by atoms with Crippen molar-refractivity contribution in [3.63, 3.8) is 0 Å². The SMILES string of the molecule is CC(C)CCCNC(=O)CNc1ccccc1. The van der Waals surface area contributed by atoms with Crippen LogP contribution in [0.4, 0.5) is 5.69 Å². The van der Waals surface area contributed by atoms with Crippen molar-refractivity contribution in [3.8, 4) is 0 Å². The van der Waals surface area contributed by atoms with Gasteiger partial charge in [-0.05, 0) is 30.9 Å². The molecule has 3 nitrogen and oxygen atoms in total. The summed E-state index contributed by atoms with van der Waals surface area (Å²) in [6, 6.07) is 9.75. The number of anilines is 1. The first kappa shape index (κ1) is 13.6. The number of para-hydroxylation sites is 1. The molecule has 3 heteroatoms. The predicted molar refractivity (Wildman–Crippen MR) is 72.0 cm³/mol. The van der Waals surface area contributed by atoms with Crippen molar-refractivity contribution >= 4 is 11.6 Å². The summed E-state index contributed by atoms with van der Waals surface area (Å²) in [7, 11) is 0. The quantitative estimate of drug-likeness (QED) is 0.712. The summed E-state index contributed by atoms with van der Waals surface area (Å²) in [4.78, 5) is 11.5. The van der Waals surface area contributed by atoms with E-state index in [1.807, 2.05) is 30.3 Å². The summed E-state index contributed by atoms with van der Waals surface area (Å²) in [5.41, 5.74) is 0.977. The van der Waals surface area contributed by atoms with Crippen LogP contribution in [0.3, 0.4) is 0 Å². The van der Waals surface area contributed by atoms with Gasteiger partial charge in [0.1, 0.15) is 0 Å². The average molecular weight is 234 g/mol. The van der Waals surface area contributed by atoms with Gasteiger partial charge < -0.3 is 10.6 Å². The first-order chi connectivity index (χ1) is 8.18. The highest BCUT2D eigenvalue weighted by molar-refractivity contribution is 5.80. The maximum absolute atomic E-state index is 11.5. The van der Waals surface area contributed by atoms with E-state index in [0.717, 1.165) is 25.1 Å². The van der Waals surface area contributed by atoms with Crippen LogP contribution >= 0.6 is 0 Å². The Morgan fingerprint density at radius 1 is 1.24 bits per heavy atom. The number of carbonyl (C=O) groups excluding carboxylic acids is 1. The van der Waals surface area contributed by atoms with Crippen LogP contribution in [0.15, 0.2) is 30.3 Å². The summed E-state index contributed by atoms with van der Waals surface area (Å²) in [6.45, 7) is 5.50. The van der Waals surface area contributed by atoms with Crippen molar-refractivity contribution in [1.29, 1.82) is 0 Å². The summed E-state index contributed by atoms with van der Waals surface area (Å²) in [5, 5.41) is 5.99. The molecule has 17 heavy (non-hydrogen) atoms. The van der Waals surface area contributed by atoms with Crippen molar-refractivity contribution < 1.29 is 4.79 Å². The zero-order valence-corrected chi connectivity index (χ0v) is 10.7. The van der Waals surface area contributed by atoms with Crippen LogP contribution in [-0.4, -0.2) is 19.0 Å². The number of carbonyl (C=O) groups is 1. The Labute approximate surface area is 104 Å². The second kappa shape index (κ2) is 7.71. The van der Waals surface area contributed by atoms with Crippen LogP contribution in [0.2, 0.25) is 0 Å². The highest BCUT2D eigenvalue weighted by Crippen LogP contribution is 2.04. The molecule has 1 amide bonds. The molecule has 1 aromatic rings. The maximum atomic E-state index is 11.5. The summed E-state index contributed by atoms with van der Waals surface area (Å²) >= 11 is 0. The Morgan fingerprint density at radius 2 is 1.94 bits per heavy atom. The second-order valence-electron chi connectivity index (χ2n) is 4.61. The molecule has 94 valence electrons. The first-order valence-corrected chi connectivity index (χ1v) is 6.24. The third-order valence-corrected chi connectivity index (χ3v) is 2.51. The van der Waals surface area contributed by atoms with E-state index in [0.29, 0.717) is 12.5 Å². The van der Waals surface area contributed by atoms with Gasteiger partial charge in [-0.1, -0.05) is 32.0 Å². The van der Waals surface area contributed by atoms with E-state index < -0.39 is 0 Å². The third-order valence-electron chi connectivity index (χ3n) is 2.51. The number of benzene rings is 1. The standard InChI is InChI=1S/C14H22N2O/c1-12(2)7-6-10-15-14(17)11-16-13-8-4-3-5-9-13/h3-5,8-9,12,16H,6-7,10-11H2,1-2H3,(H,15,17). The van der Waals surface area contributed by atoms with Crippen molar-refractivity contribution in [1.82, 2.24) is 5.32 Å². The Morgan fingerprint density at radius 3 is 2.59 bits per heavy atom. The van der Waals surface area contributed by atoms with Crippen molar-refractivity contribution in [3.05, 3.63) is 30.3 Å². The normalized spacial score (nSPS) is 10.3. The van der Waals surface area contributed by atoms with E-state index in [-0.39, 0.29) is 5.91 Å². The highest BCUT2D eigenvalue weighted by Gasteiger charge is 2.00. The monoisotopic (exact) mass is 234 g/mol. The molecule has 0 saturated heterocycles. The zero-order chi connectivity index (χ0) is 12.5. The molecule has 0 fully saturated rings. The molecule has 0 aliphatic rings. The highest BCUT2D eigenvalue weighted by atomic mass is 16.1. The van der Waals surface area contributed by atoms with Gasteiger partial charge in [0.05, 0.1) is 6.54 Å². The molecule has 1 rings (SSSR count). The lowest BCUT2D eigenvalue weighted by Gasteiger charge is -2.08. The van der Waals surface area contributed by atoms with Gasteiger partial charge in [0.2, 0.25) is 5.91 Å². The third kappa shape index (κ3) is 6.61. The Bertz CT molecular complexity index is 322. The lowest BCUT2D eigenvalue weighted by Crippen LogP contribution is -2.30. The number of hydrogen-bond acceptors (Lipinski definition) is 2. The van der Waals surface area contributed by atoms with E-state index in [1.54, 1.807) is 0 Å². The Balaban J connectivity index is 2.09. The minimum atomic E-state index is 0.0533. The molecule has 0 saturated carbocycles. The van der Waals surface area contributed by atoms with E-state index >= 15 is 0 Å². The molecule has 0 aromatic heterocycles. The fourth-order valence-electron chi connectivity index (χ4n) is 1.54. The van der Waals surface area contributed by atoms with E-state index in [9.17, 15) is 4.79 Å². The number of amides is 1. The van der Waals surface area contributed by atoms with Crippen molar-refractivity contribution in [2.24, 2.45) is 5.92 Å². The molecule has 0 radical (unpaired) electrons. The molecule has 2 N–H and O–H groups in total. The van der Waals surface area contributed by atoms with E-state index in [1.165, 1.54) is 0 Å². The number of hydrogen-bond donors (Lipinski definition) is 2. The van der Waals surface area contributed by atoms with Gasteiger partial charge in [-0.25, -0.2) is 0 Å². The van der Waals surface area contributed by atoms with Crippen LogP contribution in [-0.2, 0) is 4.79 Å². The molecule has 0 heterocycles. The Kier molecular flexibility index (Phi) is 6.15. The van der Waals surface area contributed by atoms with Crippen LogP contribution in [0.1, 0.15) is 26.7 Å². The summed E-state index contributed by atoms with van der Waals surface area (Å²) in [6.07, 6.45) is 2.21. The lowest BCUT2D eigenvalue weighted by molar-refractivity contribution is -0.119. The molecule has 1 aromatic carbocycles. The average Bonchev–Trinajstić information content (AvgIpc) is 2.33. The Hall–Kier alpha value is -1.51. The topological polar surface area (TPSA) is 41.1 Å². The molecule has 0 aliphatic carbocycles. The minimum absolute atomic E-state index is 0.0533. The number of nitrogens with one attached hydrogen (secondary N) is 2. The summed E-state index contributed by atoms with van der Waals surface area (Å²) < 4.78 is 0. The molecule has 0 spiro atoms. The fraction of sp³-hybridized carbons (Fsp3) is 0.500. The van der Waals surface area contributed by atoms with Crippen LogP contribution in [0, 0.1) is 5.92 Å². The van der Waals surface area contributed by atoms with Crippen molar-refractivity contribution in [2.75, 3.05) is 18.4 Å². The smallest absolute Gasteiger partial charge is 0.239 e. The van der Waals surface area contributed by atoms with Gasteiger partial charge in [0, 0.05) is 12.2 Å². The minimum Gasteiger partial charge on any atom is -0.376 e. The van der Waals surface area contributed by atoms with Gasteiger partial charge in [-0.3, -0.25) is 4.79 Å². The van der Waals surface area contributed by atoms with Crippen LogP contribution in [0.25, 0.3) is 0 Å². The zero-order valence-electron chi connectivity index (χ0n) is 10.7. The molecule has 0 unspecified atom stereocenters. The first-order valence-electron chi connectivity index (χ1n) is 6.24. The maximum Gasteiger partial charge on any atom is 0.239 e.